The van der Waals surface area contributed by atoms with Crippen LogP contribution < -0.4 is 0 Å². The number of unbranched alkanes of at least 4 members (excludes halogenated alkanes) is 42. The van der Waals surface area contributed by atoms with E-state index in [4.69, 9.17) is 14.2 Å². The highest BCUT2D eigenvalue weighted by Crippen LogP contribution is 2.18. The molecule has 0 amide bonds. The maximum absolute atomic E-state index is 12.9. The van der Waals surface area contributed by atoms with E-state index >= 15 is 0 Å². The number of ether oxygens (including phenoxy) is 3. The van der Waals surface area contributed by atoms with E-state index in [0.717, 1.165) is 89.9 Å². The maximum Gasteiger partial charge on any atom is 0.306 e. The van der Waals surface area contributed by atoms with Gasteiger partial charge in [-0.25, -0.2) is 0 Å². The first-order valence-electron chi connectivity index (χ1n) is 34.3. The van der Waals surface area contributed by atoms with E-state index in [2.05, 4.69) is 81.5 Å². The van der Waals surface area contributed by atoms with Crippen molar-refractivity contribution in [2.24, 2.45) is 0 Å². The van der Waals surface area contributed by atoms with Crippen molar-refractivity contribution >= 4 is 17.9 Å². The second kappa shape index (κ2) is 66.6. The lowest BCUT2D eigenvalue weighted by Gasteiger charge is -2.18. The van der Waals surface area contributed by atoms with E-state index in [-0.39, 0.29) is 31.1 Å². The van der Waals surface area contributed by atoms with Gasteiger partial charge < -0.3 is 14.2 Å². The molecule has 0 spiro atoms. The molecule has 0 aliphatic carbocycles. The van der Waals surface area contributed by atoms with Crippen LogP contribution in [0, 0.1) is 0 Å². The zero-order valence-corrected chi connectivity index (χ0v) is 52.2. The summed E-state index contributed by atoms with van der Waals surface area (Å²) in [5.41, 5.74) is 0. The Hall–Kier alpha value is -2.89. The highest BCUT2D eigenvalue weighted by Gasteiger charge is 2.19. The number of allylic oxidation sites excluding steroid dienone is 10. The molecule has 0 aliphatic heterocycles. The van der Waals surface area contributed by atoms with E-state index in [9.17, 15) is 14.4 Å². The molecule has 0 saturated heterocycles. The van der Waals surface area contributed by atoms with Gasteiger partial charge in [0.25, 0.3) is 0 Å². The predicted octanol–water partition coefficient (Wildman–Crippen LogP) is 23.5. The summed E-state index contributed by atoms with van der Waals surface area (Å²) >= 11 is 0. The second-order valence-corrected chi connectivity index (χ2v) is 23.1. The number of hydrogen-bond donors (Lipinski definition) is 0. The highest BCUT2D eigenvalue weighted by molar-refractivity contribution is 5.71. The molecule has 0 rings (SSSR count). The molecule has 0 fully saturated rings. The van der Waals surface area contributed by atoms with Crippen molar-refractivity contribution in [1.29, 1.82) is 0 Å². The zero-order valence-electron chi connectivity index (χ0n) is 52.2. The van der Waals surface area contributed by atoms with Crippen molar-refractivity contribution in [1.82, 2.24) is 0 Å². The van der Waals surface area contributed by atoms with Crippen LogP contribution in [0.1, 0.15) is 361 Å². The highest BCUT2D eigenvalue weighted by atomic mass is 16.6. The summed E-state index contributed by atoms with van der Waals surface area (Å²) in [6.07, 6.45) is 85.5. The number of carbonyl (C=O) groups excluding carboxylic acids is 3. The van der Waals surface area contributed by atoms with Crippen molar-refractivity contribution < 1.29 is 28.6 Å². The van der Waals surface area contributed by atoms with Gasteiger partial charge >= 0.3 is 17.9 Å². The van der Waals surface area contributed by atoms with Gasteiger partial charge in [0.2, 0.25) is 0 Å². The Labute approximate surface area is 485 Å². The van der Waals surface area contributed by atoms with Gasteiger partial charge in [-0.15, -0.1) is 0 Å². The number of esters is 3. The zero-order chi connectivity index (χ0) is 56.4. The van der Waals surface area contributed by atoms with E-state index in [1.54, 1.807) is 0 Å². The van der Waals surface area contributed by atoms with Crippen LogP contribution in [0.25, 0.3) is 0 Å². The van der Waals surface area contributed by atoms with E-state index in [1.807, 2.05) is 0 Å². The summed E-state index contributed by atoms with van der Waals surface area (Å²) in [5.74, 6) is -0.852. The summed E-state index contributed by atoms with van der Waals surface area (Å²) in [7, 11) is 0. The lowest BCUT2D eigenvalue weighted by atomic mass is 10.0. The minimum atomic E-state index is -0.770. The monoisotopic (exact) mass is 1090 g/mol. The molecule has 0 aromatic carbocycles. The molecule has 78 heavy (non-hydrogen) atoms. The molecule has 0 N–H and O–H groups in total. The average Bonchev–Trinajstić information content (AvgIpc) is 3.44. The van der Waals surface area contributed by atoms with Gasteiger partial charge in [-0.1, -0.05) is 338 Å². The lowest BCUT2D eigenvalue weighted by Crippen LogP contribution is -2.30. The summed E-state index contributed by atoms with van der Waals surface area (Å²) in [5, 5.41) is 0. The molecule has 0 radical (unpaired) electrons. The summed E-state index contributed by atoms with van der Waals surface area (Å²) in [6.45, 7) is 6.56. The average molecular weight is 1090 g/mol. The van der Waals surface area contributed by atoms with Gasteiger partial charge in [-0.3, -0.25) is 14.4 Å². The fraction of sp³-hybridized carbons (Fsp3) is 0.819. The Morgan fingerprint density at radius 1 is 0.269 bits per heavy atom. The topological polar surface area (TPSA) is 78.9 Å². The standard InChI is InChI=1S/C72H130O6/c1-4-7-10-13-16-19-21-23-25-27-29-31-33-34-35-36-37-38-40-41-43-45-47-49-51-53-56-59-62-65-71(74)77-68-69(67-76-70(73)64-61-58-55-18-15-12-9-6-3)78-72(75)66-63-60-57-54-52-50-48-46-44-42-39-32-30-28-26-24-22-20-17-14-11-8-5-2/h7,10,16,19,23,25,29,31,34-35,69H,4-6,8-9,11-15,17-18,20-22,24,26-28,30,32-33,36-68H2,1-3H3/b10-7-,19-16-,25-23-,31-29-,35-34-. The van der Waals surface area contributed by atoms with Crippen molar-refractivity contribution in [3.63, 3.8) is 0 Å². The van der Waals surface area contributed by atoms with Crippen molar-refractivity contribution in [3.8, 4) is 0 Å². The Bertz CT molecular complexity index is 1390. The minimum absolute atomic E-state index is 0.0688. The molecule has 0 heterocycles. The minimum Gasteiger partial charge on any atom is -0.462 e. The summed E-state index contributed by atoms with van der Waals surface area (Å²) < 4.78 is 16.9. The third-order valence-corrected chi connectivity index (χ3v) is 15.3. The van der Waals surface area contributed by atoms with Crippen LogP contribution in [0.3, 0.4) is 0 Å². The SMILES string of the molecule is CC/C=C\C/C=C\C/C=C\C/C=C\C/C=C\CCCCCCCCCCCCCCCC(=O)OCC(COC(=O)CCCCCCCCCC)OC(=O)CCCCCCCCCCCCCCCCCCCCCCCCC. The van der Waals surface area contributed by atoms with Gasteiger partial charge in [0, 0.05) is 19.3 Å². The molecule has 0 aromatic heterocycles. The molecule has 454 valence electrons. The Morgan fingerprint density at radius 2 is 0.500 bits per heavy atom. The van der Waals surface area contributed by atoms with Crippen LogP contribution in [0.15, 0.2) is 60.8 Å². The van der Waals surface area contributed by atoms with Crippen LogP contribution in [-0.4, -0.2) is 37.2 Å². The number of hydrogen-bond acceptors (Lipinski definition) is 6. The molecule has 6 heteroatoms. The van der Waals surface area contributed by atoms with Gasteiger partial charge in [0.05, 0.1) is 0 Å². The van der Waals surface area contributed by atoms with Crippen LogP contribution in [0.4, 0.5) is 0 Å². The van der Waals surface area contributed by atoms with Gasteiger partial charge in [0.15, 0.2) is 6.10 Å². The fourth-order valence-corrected chi connectivity index (χ4v) is 10.2. The van der Waals surface area contributed by atoms with Crippen LogP contribution in [0.5, 0.6) is 0 Å². The van der Waals surface area contributed by atoms with E-state index < -0.39 is 6.10 Å². The molecule has 1 unspecified atom stereocenters. The smallest absolute Gasteiger partial charge is 0.306 e. The second-order valence-electron chi connectivity index (χ2n) is 23.1. The van der Waals surface area contributed by atoms with Crippen molar-refractivity contribution in [3.05, 3.63) is 60.8 Å². The maximum atomic E-state index is 12.9. The van der Waals surface area contributed by atoms with Crippen molar-refractivity contribution in [2.45, 2.75) is 367 Å². The first-order valence-corrected chi connectivity index (χ1v) is 34.3. The molecule has 0 aromatic rings. The molecular weight excluding hydrogens is 961 g/mol. The van der Waals surface area contributed by atoms with Gasteiger partial charge in [0.1, 0.15) is 13.2 Å². The fourth-order valence-electron chi connectivity index (χ4n) is 10.2. The van der Waals surface area contributed by atoms with E-state index in [1.165, 1.54) is 231 Å². The first-order chi connectivity index (χ1) is 38.5. The Morgan fingerprint density at radius 3 is 0.782 bits per heavy atom. The molecule has 1 atom stereocenters. The van der Waals surface area contributed by atoms with Crippen LogP contribution >= 0.6 is 0 Å². The first kappa shape index (κ1) is 75.1. The molecule has 0 aliphatic rings. The van der Waals surface area contributed by atoms with Gasteiger partial charge in [-0.2, -0.15) is 0 Å². The van der Waals surface area contributed by atoms with Crippen LogP contribution in [0.2, 0.25) is 0 Å². The Kier molecular flexibility index (Phi) is 64.2. The van der Waals surface area contributed by atoms with Crippen molar-refractivity contribution in [2.75, 3.05) is 13.2 Å². The third-order valence-electron chi connectivity index (χ3n) is 15.3. The number of carbonyl (C=O) groups is 3. The largest absolute Gasteiger partial charge is 0.462 e. The number of rotatable bonds is 63. The molecule has 0 saturated carbocycles. The summed E-state index contributed by atoms with van der Waals surface area (Å²) in [6, 6.07) is 0. The molecule has 6 nitrogen and oxygen atoms in total. The van der Waals surface area contributed by atoms with Gasteiger partial charge in [-0.05, 0) is 64.2 Å². The Balaban J connectivity index is 4.09. The van der Waals surface area contributed by atoms with Crippen LogP contribution in [-0.2, 0) is 28.6 Å². The lowest BCUT2D eigenvalue weighted by molar-refractivity contribution is -0.167. The molecular formula is C72H130O6. The third kappa shape index (κ3) is 63.9. The normalized spacial score (nSPS) is 12.4. The van der Waals surface area contributed by atoms with E-state index in [0.29, 0.717) is 19.3 Å². The quantitative estimate of drug-likeness (QED) is 0.0261. The predicted molar refractivity (Wildman–Crippen MR) is 339 cm³/mol. The summed E-state index contributed by atoms with van der Waals surface area (Å²) in [4.78, 5) is 38.2. The molecule has 0 bridgehead atoms.